The number of amides is 1. The normalized spacial score (nSPS) is 14.7. The second-order valence-electron chi connectivity index (χ2n) is 5.83. The fourth-order valence-electron chi connectivity index (χ4n) is 3.18. The summed E-state index contributed by atoms with van der Waals surface area (Å²) in [4.78, 5) is 12.9. The number of carbonyl (C=O) groups is 1. The SMILES string of the molecule is Cc1cc(Br)ccc1NC(=O)c1c2c(cc3c1OCC3)OCC2. The Morgan fingerprint density at radius 2 is 2.00 bits per heavy atom. The Labute approximate surface area is 142 Å². The van der Waals surface area contributed by atoms with E-state index < -0.39 is 0 Å². The predicted octanol–water partition coefficient (Wildman–Crippen LogP) is 3.88. The molecule has 1 N–H and O–H groups in total. The smallest absolute Gasteiger partial charge is 0.259 e. The van der Waals surface area contributed by atoms with E-state index in [1.165, 1.54) is 0 Å². The number of halogens is 1. The van der Waals surface area contributed by atoms with Gasteiger partial charge >= 0.3 is 0 Å². The van der Waals surface area contributed by atoms with Gasteiger partial charge in [0, 0.05) is 34.1 Å². The number of fused-ring (bicyclic) bond motifs is 2. The van der Waals surface area contributed by atoms with Crippen LogP contribution in [-0.4, -0.2) is 19.1 Å². The molecule has 0 aromatic heterocycles. The quantitative estimate of drug-likeness (QED) is 0.868. The number of hydrogen-bond acceptors (Lipinski definition) is 3. The number of aryl methyl sites for hydroxylation is 1. The number of rotatable bonds is 2. The van der Waals surface area contributed by atoms with Gasteiger partial charge in [-0.25, -0.2) is 0 Å². The summed E-state index contributed by atoms with van der Waals surface area (Å²) in [5, 5.41) is 3.02. The minimum atomic E-state index is -0.129. The van der Waals surface area contributed by atoms with Gasteiger partial charge in [0.05, 0.1) is 18.8 Å². The van der Waals surface area contributed by atoms with E-state index in [0.29, 0.717) is 18.8 Å². The summed E-state index contributed by atoms with van der Waals surface area (Å²) in [5.41, 5.74) is 4.46. The van der Waals surface area contributed by atoms with Crippen molar-refractivity contribution in [1.29, 1.82) is 0 Å². The Balaban J connectivity index is 1.74. The van der Waals surface area contributed by atoms with Crippen molar-refractivity contribution in [3.63, 3.8) is 0 Å². The van der Waals surface area contributed by atoms with E-state index in [4.69, 9.17) is 9.47 Å². The molecule has 0 fully saturated rings. The highest BCUT2D eigenvalue weighted by Crippen LogP contribution is 2.41. The van der Waals surface area contributed by atoms with E-state index in [-0.39, 0.29) is 5.91 Å². The Morgan fingerprint density at radius 1 is 1.17 bits per heavy atom. The Hall–Kier alpha value is -2.01. The van der Waals surface area contributed by atoms with Crippen LogP contribution >= 0.6 is 15.9 Å². The molecular weight excluding hydrogens is 358 g/mol. The topological polar surface area (TPSA) is 47.6 Å². The predicted molar refractivity (Wildman–Crippen MR) is 91.7 cm³/mol. The molecule has 23 heavy (non-hydrogen) atoms. The van der Waals surface area contributed by atoms with E-state index in [9.17, 15) is 4.79 Å². The molecule has 2 heterocycles. The molecule has 1 amide bonds. The third-order valence-electron chi connectivity index (χ3n) is 4.31. The first-order chi connectivity index (χ1) is 11.1. The van der Waals surface area contributed by atoms with Crippen LogP contribution in [0.4, 0.5) is 5.69 Å². The molecule has 0 radical (unpaired) electrons. The number of ether oxygens (including phenoxy) is 2. The van der Waals surface area contributed by atoms with Crippen LogP contribution in [0.1, 0.15) is 27.0 Å². The lowest BCUT2D eigenvalue weighted by molar-refractivity contribution is 0.102. The zero-order valence-electron chi connectivity index (χ0n) is 12.7. The molecule has 0 aliphatic carbocycles. The second kappa shape index (κ2) is 5.57. The maximum absolute atomic E-state index is 12.9. The highest BCUT2D eigenvalue weighted by molar-refractivity contribution is 9.10. The largest absolute Gasteiger partial charge is 0.493 e. The number of benzene rings is 2. The minimum absolute atomic E-state index is 0.129. The molecule has 2 aliphatic heterocycles. The van der Waals surface area contributed by atoms with Crippen LogP contribution in [-0.2, 0) is 12.8 Å². The average Bonchev–Trinajstić information content (AvgIpc) is 3.15. The molecule has 4 rings (SSSR count). The number of hydrogen-bond donors (Lipinski definition) is 1. The van der Waals surface area contributed by atoms with Gasteiger partial charge in [-0.15, -0.1) is 0 Å². The van der Waals surface area contributed by atoms with Crippen LogP contribution in [0.5, 0.6) is 11.5 Å². The van der Waals surface area contributed by atoms with Crippen molar-refractivity contribution in [1.82, 2.24) is 0 Å². The van der Waals surface area contributed by atoms with Crippen LogP contribution < -0.4 is 14.8 Å². The van der Waals surface area contributed by atoms with Gasteiger partial charge in [-0.05, 0) is 36.8 Å². The second-order valence-corrected chi connectivity index (χ2v) is 6.74. The zero-order valence-corrected chi connectivity index (χ0v) is 14.3. The van der Waals surface area contributed by atoms with E-state index in [2.05, 4.69) is 21.2 Å². The molecule has 0 saturated carbocycles. The van der Waals surface area contributed by atoms with Gasteiger partial charge in [-0.2, -0.15) is 0 Å². The highest BCUT2D eigenvalue weighted by atomic mass is 79.9. The average molecular weight is 374 g/mol. The molecule has 118 valence electrons. The third-order valence-corrected chi connectivity index (χ3v) is 4.81. The van der Waals surface area contributed by atoms with Crippen molar-refractivity contribution in [2.45, 2.75) is 19.8 Å². The van der Waals surface area contributed by atoms with Gasteiger partial charge in [0.25, 0.3) is 5.91 Å². The molecule has 0 saturated heterocycles. The van der Waals surface area contributed by atoms with E-state index >= 15 is 0 Å². The van der Waals surface area contributed by atoms with Crippen molar-refractivity contribution in [3.8, 4) is 11.5 Å². The maximum atomic E-state index is 12.9. The van der Waals surface area contributed by atoms with Gasteiger partial charge in [-0.1, -0.05) is 15.9 Å². The molecule has 2 aliphatic rings. The van der Waals surface area contributed by atoms with Crippen LogP contribution in [0.25, 0.3) is 0 Å². The molecule has 2 aromatic rings. The van der Waals surface area contributed by atoms with E-state index in [1.807, 2.05) is 31.2 Å². The molecule has 0 spiro atoms. The van der Waals surface area contributed by atoms with Gasteiger partial charge in [0.1, 0.15) is 11.5 Å². The lowest BCUT2D eigenvalue weighted by atomic mass is 9.98. The molecular formula is C18H16BrNO3. The van der Waals surface area contributed by atoms with Crippen LogP contribution in [0.3, 0.4) is 0 Å². The van der Waals surface area contributed by atoms with Crippen molar-refractivity contribution in [3.05, 3.63) is 51.0 Å². The van der Waals surface area contributed by atoms with Crippen LogP contribution in [0.2, 0.25) is 0 Å². The summed E-state index contributed by atoms with van der Waals surface area (Å²) >= 11 is 3.44. The molecule has 0 atom stereocenters. The Bertz CT molecular complexity index is 784. The van der Waals surface area contributed by atoms with E-state index in [0.717, 1.165) is 51.2 Å². The van der Waals surface area contributed by atoms with Gasteiger partial charge in [-0.3, -0.25) is 4.79 Å². The van der Waals surface area contributed by atoms with E-state index in [1.54, 1.807) is 0 Å². The number of anilines is 1. The summed E-state index contributed by atoms with van der Waals surface area (Å²) < 4.78 is 12.4. The zero-order chi connectivity index (χ0) is 16.0. The first-order valence-corrected chi connectivity index (χ1v) is 8.44. The maximum Gasteiger partial charge on any atom is 0.259 e. The van der Waals surface area contributed by atoms with Crippen molar-refractivity contribution >= 4 is 27.5 Å². The van der Waals surface area contributed by atoms with Crippen LogP contribution in [0.15, 0.2) is 28.7 Å². The molecule has 5 heteroatoms. The number of carbonyl (C=O) groups excluding carboxylic acids is 1. The number of nitrogens with one attached hydrogen (secondary N) is 1. The minimum Gasteiger partial charge on any atom is -0.493 e. The fourth-order valence-corrected chi connectivity index (χ4v) is 3.65. The van der Waals surface area contributed by atoms with Crippen molar-refractivity contribution in [2.75, 3.05) is 18.5 Å². The summed E-state index contributed by atoms with van der Waals surface area (Å²) in [7, 11) is 0. The fraction of sp³-hybridized carbons (Fsp3) is 0.278. The molecule has 2 aromatic carbocycles. The van der Waals surface area contributed by atoms with Crippen molar-refractivity contribution < 1.29 is 14.3 Å². The first-order valence-electron chi connectivity index (χ1n) is 7.65. The van der Waals surface area contributed by atoms with Crippen molar-refractivity contribution in [2.24, 2.45) is 0 Å². The standard InChI is InChI=1S/C18H16BrNO3/c1-10-8-12(19)2-3-14(10)20-18(21)16-13-5-7-22-15(13)9-11-4-6-23-17(11)16/h2-3,8-9H,4-7H2,1H3,(H,20,21). The summed E-state index contributed by atoms with van der Waals surface area (Å²) in [6.45, 7) is 3.21. The molecule has 0 bridgehead atoms. The Kier molecular flexibility index (Phi) is 3.53. The van der Waals surface area contributed by atoms with Gasteiger partial charge < -0.3 is 14.8 Å². The summed E-state index contributed by atoms with van der Waals surface area (Å²) in [6, 6.07) is 7.82. The summed E-state index contributed by atoms with van der Waals surface area (Å²) in [5.74, 6) is 1.42. The van der Waals surface area contributed by atoms with Gasteiger partial charge in [0.15, 0.2) is 0 Å². The molecule has 0 unspecified atom stereocenters. The lowest BCUT2D eigenvalue weighted by Gasteiger charge is -2.14. The first kappa shape index (κ1) is 14.6. The molecule has 4 nitrogen and oxygen atoms in total. The third kappa shape index (κ3) is 2.49. The Morgan fingerprint density at radius 3 is 2.83 bits per heavy atom. The van der Waals surface area contributed by atoms with Crippen LogP contribution in [0, 0.1) is 6.92 Å². The monoisotopic (exact) mass is 373 g/mol. The van der Waals surface area contributed by atoms with Gasteiger partial charge in [0.2, 0.25) is 0 Å². The highest BCUT2D eigenvalue weighted by Gasteiger charge is 2.30. The lowest BCUT2D eigenvalue weighted by Crippen LogP contribution is -2.16. The summed E-state index contributed by atoms with van der Waals surface area (Å²) in [6.07, 6.45) is 1.57.